The summed E-state index contributed by atoms with van der Waals surface area (Å²) in [5.74, 6) is 0.227. The average Bonchev–Trinajstić information content (AvgIpc) is 2.53. The lowest BCUT2D eigenvalue weighted by molar-refractivity contribution is -0.118. The van der Waals surface area contributed by atoms with Gasteiger partial charge in [-0.15, -0.1) is 0 Å². The van der Waals surface area contributed by atoms with Gasteiger partial charge in [0.15, 0.2) is 0 Å². The highest BCUT2D eigenvalue weighted by atomic mass is 16.2. The fraction of sp³-hybridized carbons (Fsp3) is 0.636. The summed E-state index contributed by atoms with van der Waals surface area (Å²) < 4.78 is 1.51. The molecule has 0 aromatic carbocycles. The fourth-order valence-electron chi connectivity index (χ4n) is 1.64. The Labute approximate surface area is 100 Å². The maximum absolute atomic E-state index is 11.9. The van der Waals surface area contributed by atoms with Gasteiger partial charge in [-0.1, -0.05) is 13.8 Å². The second kappa shape index (κ2) is 5.67. The van der Waals surface area contributed by atoms with Gasteiger partial charge in [0, 0.05) is 7.05 Å². The van der Waals surface area contributed by atoms with Crippen LogP contribution >= 0.6 is 0 Å². The number of carbonyl (C=O) groups excluding carboxylic acids is 1. The maximum atomic E-state index is 11.9. The van der Waals surface area contributed by atoms with Crippen LogP contribution in [0.4, 0.5) is 5.69 Å². The van der Waals surface area contributed by atoms with Gasteiger partial charge in [-0.05, 0) is 19.4 Å². The lowest BCUT2D eigenvalue weighted by atomic mass is 10.0. The second-order valence-electron chi connectivity index (χ2n) is 4.55. The Balaban J connectivity index is 2.70. The van der Waals surface area contributed by atoms with Gasteiger partial charge in [0.25, 0.3) is 5.56 Å². The van der Waals surface area contributed by atoms with Crippen LogP contribution in [0.5, 0.6) is 0 Å². The molecule has 6 nitrogen and oxygen atoms in total. The van der Waals surface area contributed by atoms with Crippen LogP contribution in [0.15, 0.2) is 11.0 Å². The molecule has 0 radical (unpaired) electrons. The van der Waals surface area contributed by atoms with Crippen LogP contribution in [0, 0.1) is 5.92 Å². The van der Waals surface area contributed by atoms with Gasteiger partial charge in [0.2, 0.25) is 5.91 Å². The minimum absolute atomic E-state index is 0.182. The van der Waals surface area contributed by atoms with E-state index in [4.69, 9.17) is 0 Å². The first-order valence-electron chi connectivity index (χ1n) is 5.67. The number of H-pyrrole nitrogens is 1. The normalized spacial score (nSPS) is 12.8. The van der Waals surface area contributed by atoms with Crippen LogP contribution in [0.1, 0.15) is 20.3 Å². The minimum atomic E-state index is -0.291. The molecule has 0 aliphatic carbocycles. The van der Waals surface area contributed by atoms with Crippen molar-refractivity contribution in [2.24, 2.45) is 13.0 Å². The predicted molar refractivity (Wildman–Crippen MR) is 67.0 cm³/mol. The number of carbonyl (C=O) groups is 1. The molecule has 0 aliphatic heterocycles. The molecule has 6 heteroatoms. The predicted octanol–water partition coefficient (Wildman–Crippen LogP) is 0.286. The van der Waals surface area contributed by atoms with E-state index in [2.05, 4.69) is 15.7 Å². The van der Waals surface area contributed by atoms with E-state index in [-0.39, 0.29) is 23.2 Å². The lowest BCUT2D eigenvalue weighted by Crippen LogP contribution is -2.40. The molecular weight excluding hydrogens is 220 g/mol. The Morgan fingerprint density at radius 2 is 2.18 bits per heavy atom. The highest BCUT2D eigenvalue weighted by Crippen LogP contribution is 2.06. The first-order valence-corrected chi connectivity index (χ1v) is 5.67. The van der Waals surface area contributed by atoms with Crippen molar-refractivity contribution in [2.45, 2.75) is 26.3 Å². The zero-order chi connectivity index (χ0) is 13.0. The Hall–Kier alpha value is -1.56. The molecule has 0 aliphatic rings. The molecule has 1 aromatic heterocycles. The number of anilines is 1. The highest BCUT2D eigenvalue weighted by molar-refractivity contribution is 5.94. The summed E-state index contributed by atoms with van der Waals surface area (Å²) in [4.78, 5) is 23.3. The Bertz CT molecular complexity index is 433. The van der Waals surface area contributed by atoms with Gasteiger partial charge >= 0.3 is 0 Å². The molecule has 1 atom stereocenters. The monoisotopic (exact) mass is 240 g/mol. The van der Waals surface area contributed by atoms with Crippen LogP contribution in [0.2, 0.25) is 0 Å². The number of likely N-dealkylation sites (N-methyl/N-ethyl adjacent to an activating group) is 1. The van der Waals surface area contributed by atoms with E-state index in [0.29, 0.717) is 5.92 Å². The molecular formula is C11H20N4O2. The van der Waals surface area contributed by atoms with Gasteiger partial charge in [0.05, 0.1) is 12.2 Å². The average molecular weight is 240 g/mol. The molecule has 0 unspecified atom stereocenters. The Morgan fingerprint density at radius 1 is 1.53 bits per heavy atom. The number of amides is 1. The molecule has 1 rings (SSSR count). The Kier molecular flexibility index (Phi) is 4.51. The van der Waals surface area contributed by atoms with Crippen molar-refractivity contribution in [2.75, 3.05) is 12.4 Å². The standard InChI is InChI=1S/C11H20N4O2/c1-7(2)5-8(12-3)10(16)13-9-6-15(4)14-11(9)17/h6-8,12H,5H2,1-4H3,(H,13,16)(H,14,17)/t8-/m0/s1. The second-order valence-corrected chi connectivity index (χ2v) is 4.55. The summed E-state index contributed by atoms with van der Waals surface area (Å²) >= 11 is 0. The summed E-state index contributed by atoms with van der Waals surface area (Å²) in [5.41, 5.74) is -0.0123. The molecule has 0 saturated carbocycles. The molecule has 1 aromatic rings. The minimum Gasteiger partial charge on any atom is -0.319 e. The largest absolute Gasteiger partial charge is 0.319 e. The first-order chi connectivity index (χ1) is 7.93. The van der Waals surface area contributed by atoms with Crippen molar-refractivity contribution >= 4 is 11.6 Å². The van der Waals surface area contributed by atoms with Gasteiger partial charge in [-0.3, -0.25) is 19.4 Å². The molecule has 0 bridgehead atoms. The van der Waals surface area contributed by atoms with Crippen LogP contribution in [0.3, 0.4) is 0 Å². The van der Waals surface area contributed by atoms with E-state index in [9.17, 15) is 9.59 Å². The number of hydrogen-bond donors (Lipinski definition) is 3. The zero-order valence-electron chi connectivity index (χ0n) is 10.7. The first kappa shape index (κ1) is 13.5. The van der Waals surface area contributed by atoms with E-state index in [0.717, 1.165) is 6.42 Å². The van der Waals surface area contributed by atoms with E-state index in [1.54, 1.807) is 20.3 Å². The van der Waals surface area contributed by atoms with E-state index in [1.807, 2.05) is 13.8 Å². The summed E-state index contributed by atoms with van der Waals surface area (Å²) in [7, 11) is 3.43. The molecule has 0 fully saturated rings. The molecule has 1 amide bonds. The number of aryl methyl sites for hydroxylation is 1. The third-order valence-electron chi connectivity index (χ3n) is 2.48. The van der Waals surface area contributed by atoms with Crippen LogP contribution in [-0.2, 0) is 11.8 Å². The topological polar surface area (TPSA) is 78.9 Å². The maximum Gasteiger partial charge on any atom is 0.287 e. The number of aromatic nitrogens is 2. The number of rotatable bonds is 5. The zero-order valence-corrected chi connectivity index (χ0v) is 10.7. The van der Waals surface area contributed by atoms with Crippen molar-refractivity contribution in [3.05, 3.63) is 16.6 Å². The van der Waals surface area contributed by atoms with Gasteiger partial charge in [-0.25, -0.2) is 0 Å². The summed E-state index contributed by atoms with van der Waals surface area (Å²) in [5, 5.41) is 8.11. The summed E-state index contributed by atoms with van der Waals surface area (Å²) in [6.45, 7) is 4.10. The summed E-state index contributed by atoms with van der Waals surface area (Å²) in [6, 6.07) is -0.283. The molecule has 96 valence electrons. The van der Waals surface area contributed by atoms with Crippen LogP contribution < -0.4 is 16.2 Å². The van der Waals surface area contributed by atoms with E-state index in [1.165, 1.54) is 4.68 Å². The number of nitrogens with one attached hydrogen (secondary N) is 3. The summed E-state index contributed by atoms with van der Waals surface area (Å²) in [6.07, 6.45) is 2.29. The fourth-order valence-corrected chi connectivity index (χ4v) is 1.64. The Morgan fingerprint density at radius 3 is 2.59 bits per heavy atom. The van der Waals surface area contributed by atoms with Crippen molar-refractivity contribution in [3.8, 4) is 0 Å². The molecule has 0 spiro atoms. The van der Waals surface area contributed by atoms with E-state index < -0.39 is 0 Å². The molecule has 1 heterocycles. The number of hydrogen-bond acceptors (Lipinski definition) is 3. The van der Waals surface area contributed by atoms with E-state index >= 15 is 0 Å². The molecule has 3 N–H and O–H groups in total. The van der Waals surface area contributed by atoms with Crippen molar-refractivity contribution in [1.82, 2.24) is 15.1 Å². The quantitative estimate of drug-likeness (QED) is 0.692. The molecule has 17 heavy (non-hydrogen) atoms. The van der Waals surface area contributed by atoms with Gasteiger partial charge < -0.3 is 10.6 Å². The third-order valence-corrected chi connectivity index (χ3v) is 2.48. The van der Waals surface area contributed by atoms with Crippen LogP contribution in [0.25, 0.3) is 0 Å². The smallest absolute Gasteiger partial charge is 0.287 e. The number of aromatic amines is 1. The van der Waals surface area contributed by atoms with Crippen molar-refractivity contribution in [1.29, 1.82) is 0 Å². The number of nitrogens with zero attached hydrogens (tertiary/aromatic N) is 1. The van der Waals surface area contributed by atoms with Gasteiger partial charge in [0.1, 0.15) is 5.69 Å². The van der Waals surface area contributed by atoms with Crippen molar-refractivity contribution < 1.29 is 4.79 Å². The molecule has 0 saturated heterocycles. The SMILES string of the molecule is CN[C@@H](CC(C)C)C(=O)Nc1cn(C)[nH]c1=O. The van der Waals surface area contributed by atoms with Gasteiger partial charge in [-0.2, -0.15) is 0 Å². The lowest BCUT2D eigenvalue weighted by Gasteiger charge is -2.16. The third kappa shape index (κ3) is 3.74. The van der Waals surface area contributed by atoms with Crippen LogP contribution in [-0.4, -0.2) is 28.8 Å². The van der Waals surface area contributed by atoms with Crippen molar-refractivity contribution in [3.63, 3.8) is 0 Å². The highest BCUT2D eigenvalue weighted by Gasteiger charge is 2.19.